The highest BCUT2D eigenvalue weighted by Crippen LogP contribution is 2.23. The van der Waals surface area contributed by atoms with Crippen molar-refractivity contribution >= 4 is 5.97 Å². The van der Waals surface area contributed by atoms with Crippen LogP contribution in [0.3, 0.4) is 0 Å². The number of aromatic nitrogens is 2. The molecular weight excluding hydrogens is 170 g/mol. The van der Waals surface area contributed by atoms with Gasteiger partial charge >= 0.3 is 11.9 Å². The molecule has 1 aromatic heterocycles. The molecule has 12 heavy (non-hydrogen) atoms. The Labute approximate surface area is 65.9 Å². The van der Waals surface area contributed by atoms with E-state index in [1.165, 1.54) is 6.07 Å². The Balaban J connectivity index is 3.06. The second-order valence-corrected chi connectivity index (χ2v) is 1.95. The minimum absolute atomic E-state index is 1.00. The SMILES string of the molecule is O=C(O)C(F)(F)c1ncccn1. The smallest absolute Gasteiger partial charge is 0.400 e. The van der Waals surface area contributed by atoms with Crippen LogP contribution in [-0.4, -0.2) is 21.0 Å². The fraction of sp³-hybridized carbons (Fsp3) is 0.167. The van der Waals surface area contributed by atoms with Crippen molar-refractivity contribution < 1.29 is 18.7 Å². The molecule has 6 heteroatoms. The molecular formula is C6H4F2N2O2. The molecule has 0 aliphatic carbocycles. The first-order valence-electron chi connectivity index (χ1n) is 2.94. The summed E-state index contributed by atoms with van der Waals surface area (Å²) in [5, 5.41) is 8.06. The van der Waals surface area contributed by atoms with Crippen molar-refractivity contribution in [3.63, 3.8) is 0 Å². The van der Waals surface area contributed by atoms with E-state index < -0.39 is 17.7 Å². The van der Waals surface area contributed by atoms with E-state index in [9.17, 15) is 13.6 Å². The lowest BCUT2D eigenvalue weighted by atomic mass is 10.3. The first-order valence-corrected chi connectivity index (χ1v) is 2.94. The van der Waals surface area contributed by atoms with Crippen molar-refractivity contribution in [2.24, 2.45) is 0 Å². The second-order valence-electron chi connectivity index (χ2n) is 1.95. The Bertz CT molecular complexity index is 289. The van der Waals surface area contributed by atoms with Crippen LogP contribution in [0.2, 0.25) is 0 Å². The van der Waals surface area contributed by atoms with Gasteiger partial charge in [-0.25, -0.2) is 14.8 Å². The summed E-state index contributed by atoms with van der Waals surface area (Å²) < 4.78 is 25.1. The van der Waals surface area contributed by atoms with E-state index >= 15 is 0 Å². The van der Waals surface area contributed by atoms with Gasteiger partial charge in [0.25, 0.3) is 0 Å². The maximum Gasteiger partial charge on any atom is 0.400 e. The topological polar surface area (TPSA) is 63.1 Å². The van der Waals surface area contributed by atoms with Gasteiger partial charge in [0.05, 0.1) is 0 Å². The molecule has 0 fully saturated rings. The Morgan fingerprint density at radius 3 is 2.33 bits per heavy atom. The number of aliphatic carboxylic acids is 1. The number of carboxylic acids is 1. The lowest BCUT2D eigenvalue weighted by Gasteiger charge is -2.07. The van der Waals surface area contributed by atoms with Gasteiger partial charge in [-0.05, 0) is 6.07 Å². The normalized spacial score (nSPS) is 11.2. The lowest BCUT2D eigenvalue weighted by molar-refractivity contribution is -0.167. The van der Waals surface area contributed by atoms with Gasteiger partial charge in [-0.3, -0.25) is 0 Å². The average Bonchev–Trinajstić information content (AvgIpc) is 2.06. The molecule has 0 saturated heterocycles. The van der Waals surface area contributed by atoms with Crippen LogP contribution >= 0.6 is 0 Å². The van der Waals surface area contributed by atoms with Crippen molar-refractivity contribution in [2.45, 2.75) is 5.92 Å². The van der Waals surface area contributed by atoms with Crippen molar-refractivity contribution in [2.75, 3.05) is 0 Å². The minimum Gasteiger partial charge on any atom is -0.476 e. The number of carboxylic acid groups (broad SMARTS) is 1. The minimum atomic E-state index is -4.01. The van der Waals surface area contributed by atoms with Crippen LogP contribution < -0.4 is 0 Å². The number of halogens is 2. The maximum absolute atomic E-state index is 12.6. The van der Waals surface area contributed by atoms with Crippen LogP contribution in [0.25, 0.3) is 0 Å². The molecule has 1 rings (SSSR count). The summed E-state index contributed by atoms with van der Waals surface area (Å²) in [6, 6.07) is 1.32. The van der Waals surface area contributed by atoms with Crippen LogP contribution in [0.4, 0.5) is 8.78 Å². The summed E-state index contributed by atoms with van der Waals surface area (Å²) in [5.74, 6) is -7.27. The average molecular weight is 174 g/mol. The van der Waals surface area contributed by atoms with E-state index in [4.69, 9.17) is 5.11 Å². The van der Waals surface area contributed by atoms with Gasteiger partial charge in [-0.1, -0.05) is 0 Å². The predicted molar refractivity (Wildman–Crippen MR) is 33.6 cm³/mol. The van der Waals surface area contributed by atoms with Gasteiger partial charge in [0, 0.05) is 12.4 Å². The van der Waals surface area contributed by atoms with Crippen molar-refractivity contribution in [3.05, 3.63) is 24.3 Å². The molecule has 1 N–H and O–H groups in total. The molecule has 1 aromatic rings. The molecule has 0 radical (unpaired) electrons. The van der Waals surface area contributed by atoms with Crippen LogP contribution in [0.1, 0.15) is 5.82 Å². The summed E-state index contributed by atoms with van der Waals surface area (Å²) in [4.78, 5) is 16.3. The number of nitrogens with zero attached hydrogens (tertiary/aromatic N) is 2. The van der Waals surface area contributed by atoms with Gasteiger partial charge in [-0.2, -0.15) is 8.78 Å². The number of carbonyl (C=O) groups is 1. The zero-order valence-electron chi connectivity index (χ0n) is 5.74. The summed E-state index contributed by atoms with van der Waals surface area (Å²) in [6.07, 6.45) is 2.11. The van der Waals surface area contributed by atoms with Crippen LogP contribution in [-0.2, 0) is 10.7 Å². The summed E-state index contributed by atoms with van der Waals surface area (Å²) in [7, 11) is 0. The third kappa shape index (κ3) is 1.36. The molecule has 0 aliphatic heterocycles. The van der Waals surface area contributed by atoms with Crippen LogP contribution in [0.5, 0.6) is 0 Å². The highest BCUT2D eigenvalue weighted by molar-refractivity contribution is 5.75. The first-order chi connectivity index (χ1) is 5.55. The Morgan fingerprint density at radius 1 is 1.42 bits per heavy atom. The second kappa shape index (κ2) is 2.80. The molecule has 0 saturated carbocycles. The van der Waals surface area contributed by atoms with Gasteiger partial charge in [-0.15, -0.1) is 0 Å². The highest BCUT2D eigenvalue weighted by atomic mass is 19.3. The van der Waals surface area contributed by atoms with Gasteiger partial charge < -0.3 is 5.11 Å². The molecule has 1 heterocycles. The fourth-order valence-electron chi connectivity index (χ4n) is 0.557. The summed E-state index contributed by atoms with van der Waals surface area (Å²) in [6.45, 7) is 0. The largest absolute Gasteiger partial charge is 0.476 e. The lowest BCUT2D eigenvalue weighted by Crippen LogP contribution is -2.27. The Kier molecular flexibility index (Phi) is 1.99. The number of alkyl halides is 2. The quantitative estimate of drug-likeness (QED) is 0.715. The summed E-state index contributed by atoms with van der Waals surface area (Å²) >= 11 is 0. The van der Waals surface area contributed by atoms with Crippen molar-refractivity contribution in [1.29, 1.82) is 0 Å². The van der Waals surface area contributed by atoms with Gasteiger partial charge in [0.2, 0.25) is 5.82 Å². The zero-order chi connectivity index (χ0) is 9.19. The van der Waals surface area contributed by atoms with Crippen LogP contribution in [0.15, 0.2) is 18.5 Å². The third-order valence-electron chi connectivity index (χ3n) is 1.12. The number of hydrogen-bond acceptors (Lipinski definition) is 3. The molecule has 0 bridgehead atoms. The molecule has 4 nitrogen and oxygen atoms in total. The zero-order valence-corrected chi connectivity index (χ0v) is 5.74. The van der Waals surface area contributed by atoms with E-state index in [1.54, 1.807) is 0 Å². The molecule has 0 unspecified atom stereocenters. The summed E-state index contributed by atoms with van der Waals surface area (Å²) in [5.41, 5.74) is 0. The van der Waals surface area contributed by atoms with E-state index in [0.29, 0.717) is 0 Å². The standard InChI is InChI=1S/C6H4F2N2O2/c7-6(8,5(11)12)4-9-2-1-3-10-4/h1-3H,(H,11,12). The highest BCUT2D eigenvalue weighted by Gasteiger charge is 2.44. The Hall–Kier alpha value is -1.59. The third-order valence-corrected chi connectivity index (χ3v) is 1.12. The van der Waals surface area contributed by atoms with Crippen LogP contribution in [0, 0.1) is 0 Å². The van der Waals surface area contributed by atoms with Gasteiger partial charge in [0.1, 0.15) is 0 Å². The van der Waals surface area contributed by atoms with E-state index in [0.717, 1.165) is 12.4 Å². The first kappa shape index (κ1) is 8.51. The Morgan fingerprint density at radius 2 is 1.92 bits per heavy atom. The fourth-order valence-corrected chi connectivity index (χ4v) is 0.557. The predicted octanol–water partition coefficient (Wildman–Crippen LogP) is 0.653. The van der Waals surface area contributed by atoms with Crippen molar-refractivity contribution in [1.82, 2.24) is 9.97 Å². The molecule has 0 atom stereocenters. The monoisotopic (exact) mass is 174 g/mol. The van der Waals surface area contributed by atoms with Gasteiger partial charge in [0.15, 0.2) is 0 Å². The van der Waals surface area contributed by atoms with E-state index in [1.807, 2.05) is 0 Å². The molecule has 0 amide bonds. The molecule has 0 spiro atoms. The maximum atomic E-state index is 12.6. The van der Waals surface area contributed by atoms with E-state index in [-0.39, 0.29) is 0 Å². The number of rotatable bonds is 2. The molecule has 0 aliphatic rings. The van der Waals surface area contributed by atoms with E-state index in [2.05, 4.69) is 9.97 Å². The molecule has 0 aromatic carbocycles. The van der Waals surface area contributed by atoms with Crippen molar-refractivity contribution in [3.8, 4) is 0 Å². The number of hydrogen-bond donors (Lipinski definition) is 1. The molecule has 64 valence electrons.